The average Bonchev–Trinajstić information content (AvgIpc) is 4.16. The van der Waals surface area contributed by atoms with Crippen molar-refractivity contribution in [1.82, 2.24) is 19.9 Å². The molecule has 0 fully saturated rings. The number of nitrogens with two attached hydrogens (primary N) is 1. The van der Waals surface area contributed by atoms with E-state index < -0.39 is 0 Å². The number of carbonyl (C=O) groups excluding carboxylic acids is 3. The van der Waals surface area contributed by atoms with Crippen molar-refractivity contribution in [3.8, 4) is 34.9 Å². The minimum atomic E-state index is -0.298. The number of Topliss-reactive ketones (excluding diaryl/α,β-unsaturated/α-hetero) is 2. The number of aryl methyl sites for hydroxylation is 2. The summed E-state index contributed by atoms with van der Waals surface area (Å²) < 4.78 is 22.1. The van der Waals surface area contributed by atoms with Gasteiger partial charge in [-0.05, 0) is 114 Å². The van der Waals surface area contributed by atoms with Crippen molar-refractivity contribution in [2.24, 2.45) is 5.73 Å². The van der Waals surface area contributed by atoms with Crippen molar-refractivity contribution in [3.05, 3.63) is 203 Å². The number of para-hydroxylation sites is 3. The second kappa shape index (κ2) is 21.5. The molecule has 0 bridgehead atoms. The quantitative estimate of drug-likeness (QED) is 0.137. The van der Waals surface area contributed by atoms with Crippen LogP contribution in [-0.2, 0) is 35.2 Å². The molecule has 66 heavy (non-hydrogen) atoms. The van der Waals surface area contributed by atoms with Crippen LogP contribution >= 0.6 is 0 Å². The molecule has 3 aromatic carbocycles. The third kappa shape index (κ3) is 11.2. The number of esters is 1. The molecule has 2 N–H and O–H groups in total. The third-order valence-electron chi connectivity index (χ3n) is 11.0. The summed E-state index contributed by atoms with van der Waals surface area (Å²) in [7, 11) is 0. The van der Waals surface area contributed by atoms with Crippen LogP contribution in [0.1, 0.15) is 73.9 Å². The number of hydrogen-bond donors (Lipinski definition) is 1. The van der Waals surface area contributed by atoms with E-state index in [1.165, 1.54) is 16.7 Å². The zero-order valence-corrected chi connectivity index (χ0v) is 36.4. The zero-order valence-electron chi connectivity index (χ0n) is 36.4. The maximum Gasteiger partial charge on any atom is 0.338 e. The number of fused-ring (bicyclic) bond motifs is 4. The maximum absolute atomic E-state index is 11.9. The van der Waals surface area contributed by atoms with Crippen LogP contribution in [0.25, 0.3) is 11.1 Å². The van der Waals surface area contributed by atoms with Crippen LogP contribution in [0.2, 0.25) is 0 Å². The Morgan fingerprint density at radius 1 is 0.545 bits per heavy atom. The van der Waals surface area contributed by atoms with Crippen LogP contribution in [0, 0.1) is 0 Å². The van der Waals surface area contributed by atoms with E-state index in [2.05, 4.69) is 26.0 Å². The molecular formula is C54H47N5O7. The summed E-state index contributed by atoms with van der Waals surface area (Å²) in [6, 6.07) is 35.8. The van der Waals surface area contributed by atoms with Crippen LogP contribution in [-0.4, -0.2) is 50.6 Å². The predicted molar refractivity (Wildman–Crippen MR) is 251 cm³/mol. The number of allylic oxidation sites excluding steroid dienone is 2. The van der Waals surface area contributed by atoms with E-state index in [9.17, 15) is 14.4 Å². The Labute approximate surface area is 382 Å². The van der Waals surface area contributed by atoms with Gasteiger partial charge in [-0.2, -0.15) is 0 Å². The molecule has 0 atom stereocenters. The molecular weight excluding hydrogens is 831 g/mol. The summed E-state index contributed by atoms with van der Waals surface area (Å²) in [5.41, 5.74) is 15.5. The number of nitrogens with zero attached hydrogens (tertiary/aromatic N) is 4. The normalized spacial score (nSPS) is 13.4. The Balaban J connectivity index is 0.000000123. The van der Waals surface area contributed by atoms with Crippen molar-refractivity contribution in [2.75, 3.05) is 13.2 Å². The van der Waals surface area contributed by atoms with Gasteiger partial charge in [0.05, 0.1) is 12.2 Å². The van der Waals surface area contributed by atoms with Crippen LogP contribution < -0.4 is 19.9 Å². The summed E-state index contributed by atoms with van der Waals surface area (Å²) in [6.45, 7) is 2.72. The molecule has 0 unspecified atom stereocenters. The number of ketones is 2. The molecule has 12 heteroatoms. The summed E-state index contributed by atoms with van der Waals surface area (Å²) in [5, 5.41) is 0. The Kier molecular flexibility index (Phi) is 14.5. The third-order valence-corrected chi connectivity index (χ3v) is 11.0. The lowest BCUT2D eigenvalue weighted by molar-refractivity contribution is -0.136. The van der Waals surface area contributed by atoms with Gasteiger partial charge in [-0.25, -0.2) is 19.7 Å². The fourth-order valence-corrected chi connectivity index (χ4v) is 7.65. The van der Waals surface area contributed by atoms with Gasteiger partial charge in [0.1, 0.15) is 17.2 Å². The van der Waals surface area contributed by atoms with E-state index in [0.29, 0.717) is 61.4 Å². The van der Waals surface area contributed by atoms with E-state index in [0.717, 1.165) is 64.1 Å². The lowest BCUT2D eigenvalue weighted by Crippen LogP contribution is -2.06. The molecule has 4 heterocycles. The highest BCUT2D eigenvalue weighted by atomic mass is 16.5. The molecule has 7 aromatic rings. The lowest BCUT2D eigenvalue weighted by atomic mass is 10.1. The number of carbonyl (C=O) groups is 3. The van der Waals surface area contributed by atoms with Gasteiger partial charge >= 0.3 is 5.97 Å². The van der Waals surface area contributed by atoms with Crippen LogP contribution in [0.5, 0.6) is 34.9 Å². The van der Waals surface area contributed by atoms with Crippen molar-refractivity contribution in [2.45, 2.75) is 45.4 Å². The molecule has 11 rings (SSSR count). The maximum atomic E-state index is 11.9. The first kappa shape index (κ1) is 44.5. The van der Waals surface area contributed by atoms with Crippen molar-refractivity contribution < 1.29 is 33.3 Å². The monoisotopic (exact) mass is 877 g/mol. The SMILES string of the molecule is CCOC(=O)C1=CCc2cnc(Oc3ccccc3)cc21.NCC1=CCc2cnc(Oc3ccccc3)cc21.O=C1CCc2cnc(Oc3ccccc3)cc21.O=C1CCc2cnccc21. The highest BCUT2D eigenvalue weighted by molar-refractivity contribution is 6.18. The lowest BCUT2D eigenvalue weighted by Gasteiger charge is -2.08. The molecule has 0 radical (unpaired) electrons. The summed E-state index contributed by atoms with van der Waals surface area (Å²) in [6.07, 6.45) is 17.4. The van der Waals surface area contributed by atoms with Gasteiger partial charge in [0, 0.05) is 79.7 Å². The number of rotatable bonds is 9. The zero-order chi connectivity index (χ0) is 45.7. The van der Waals surface area contributed by atoms with Gasteiger partial charge in [-0.15, -0.1) is 0 Å². The molecule has 4 aliphatic rings. The predicted octanol–water partition coefficient (Wildman–Crippen LogP) is 10.4. The van der Waals surface area contributed by atoms with Gasteiger partial charge in [-0.1, -0.05) is 66.7 Å². The standard InChI is InChI=1S/C17H15NO3.C15H14N2O.C14H11NO2.C8H7NO/c1-2-20-17(19)14-9-8-12-11-18-16(10-15(12)14)21-13-6-4-3-5-7-13;16-9-11-6-7-12-10-17-15(8-14(11)12)18-13-4-2-1-3-5-13;16-13-7-6-10-9-15-14(8-12(10)13)17-11-4-2-1-3-5-11;10-8-2-1-6-5-9-4-3-7(6)8/h3-7,9-11H,2,8H2,1H3;1-6,8,10H,7,9,16H2;1-5,8-9H,6-7H2;3-5H,1-2H2. The first-order chi connectivity index (χ1) is 32.3. The highest BCUT2D eigenvalue weighted by Crippen LogP contribution is 2.33. The molecule has 0 spiro atoms. The molecule has 330 valence electrons. The largest absolute Gasteiger partial charge is 0.462 e. The molecule has 0 amide bonds. The Hall–Kier alpha value is -8.09. The van der Waals surface area contributed by atoms with Crippen molar-refractivity contribution >= 4 is 28.7 Å². The van der Waals surface area contributed by atoms with E-state index in [1.807, 2.05) is 109 Å². The van der Waals surface area contributed by atoms with Gasteiger partial charge in [0.15, 0.2) is 11.6 Å². The topological polar surface area (TPSA) is 166 Å². The molecule has 0 aliphatic heterocycles. The molecule has 0 saturated carbocycles. The van der Waals surface area contributed by atoms with Crippen LogP contribution in [0.3, 0.4) is 0 Å². The van der Waals surface area contributed by atoms with Gasteiger partial charge in [0.25, 0.3) is 0 Å². The average molecular weight is 878 g/mol. The summed E-state index contributed by atoms with van der Waals surface area (Å²) >= 11 is 0. The molecule has 4 aromatic heterocycles. The number of aromatic nitrogens is 4. The van der Waals surface area contributed by atoms with E-state index in [-0.39, 0.29) is 17.5 Å². The molecule has 4 aliphatic carbocycles. The number of pyridine rings is 4. The minimum absolute atomic E-state index is 0.181. The van der Waals surface area contributed by atoms with Crippen LogP contribution in [0.15, 0.2) is 158 Å². The van der Waals surface area contributed by atoms with E-state index >= 15 is 0 Å². The number of hydrogen-bond acceptors (Lipinski definition) is 12. The fourth-order valence-electron chi connectivity index (χ4n) is 7.65. The first-order valence-electron chi connectivity index (χ1n) is 21.8. The highest BCUT2D eigenvalue weighted by Gasteiger charge is 2.23. The van der Waals surface area contributed by atoms with Crippen molar-refractivity contribution in [3.63, 3.8) is 0 Å². The summed E-state index contributed by atoms with van der Waals surface area (Å²) in [4.78, 5) is 51.3. The first-order valence-corrected chi connectivity index (χ1v) is 21.8. The molecule has 0 saturated heterocycles. The number of benzene rings is 3. The second-order valence-corrected chi connectivity index (χ2v) is 15.3. The van der Waals surface area contributed by atoms with E-state index in [1.54, 1.807) is 49.9 Å². The Morgan fingerprint density at radius 2 is 1.02 bits per heavy atom. The second-order valence-electron chi connectivity index (χ2n) is 15.3. The van der Waals surface area contributed by atoms with E-state index in [4.69, 9.17) is 24.7 Å². The smallest absolute Gasteiger partial charge is 0.338 e. The van der Waals surface area contributed by atoms with Crippen LogP contribution in [0.4, 0.5) is 0 Å². The van der Waals surface area contributed by atoms with Gasteiger partial charge in [0.2, 0.25) is 17.6 Å². The van der Waals surface area contributed by atoms with Gasteiger partial charge < -0.3 is 24.7 Å². The fraction of sp³-hybridized carbons (Fsp3) is 0.167. The van der Waals surface area contributed by atoms with Gasteiger partial charge in [-0.3, -0.25) is 14.6 Å². The Morgan fingerprint density at radius 3 is 1.55 bits per heavy atom. The van der Waals surface area contributed by atoms with Crippen molar-refractivity contribution in [1.29, 1.82) is 0 Å². The number of ether oxygens (including phenoxy) is 4. The summed E-state index contributed by atoms with van der Waals surface area (Å²) in [5.74, 6) is 3.94. The molecule has 12 nitrogen and oxygen atoms in total. The minimum Gasteiger partial charge on any atom is -0.462 e. The Bertz CT molecular complexity index is 2900.